The van der Waals surface area contributed by atoms with Crippen LogP contribution in [0, 0.1) is 0 Å². The van der Waals surface area contributed by atoms with Crippen LogP contribution in [0.25, 0.3) is 0 Å². The molecule has 0 amide bonds. The van der Waals surface area contributed by atoms with E-state index >= 15 is 0 Å². The standard InChI is InChI=1S/C9H19NO3/c1-7(6-12-4)10(3)8(2)9(11)13-5/h7-8H,6H2,1-5H3. The van der Waals surface area contributed by atoms with Crippen molar-refractivity contribution in [3.8, 4) is 0 Å². The fourth-order valence-electron chi connectivity index (χ4n) is 1.08. The van der Waals surface area contributed by atoms with Gasteiger partial charge in [-0.25, -0.2) is 0 Å². The number of likely N-dealkylation sites (N-methyl/N-ethyl adjacent to an activating group) is 1. The van der Waals surface area contributed by atoms with E-state index in [2.05, 4.69) is 4.74 Å². The van der Waals surface area contributed by atoms with Gasteiger partial charge in [0.25, 0.3) is 0 Å². The maximum atomic E-state index is 11.2. The minimum absolute atomic E-state index is 0.207. The second-order valence-electron chi connectivity index (χ2n) is 3.17. The Morgan fingerprint density at radius 3 is 2.31 bits per heavy atom. The van der Waals surface area contributed by atoms with E-state index in [4.69, 9.17) is 4.74 Å². The Hall–Kier alpha value is -0.610. The van der Waals surface area contributed by atoms with E-state index in [0.717, 1.165) is 0 Å². The van der Waals surface area contributed by atoms with Gasteiger partial charge < -0.3 is 9.47 Å². The molecular weight excluding hydrogens is 170 g/mol. The smallest absolute Gasteiger partial charge is 0.322 e. The molecule has 2 atom stereocenters. The zero-order valence-corrected chi connectivity index (χ0v) is 9.03. The number of nitrogens with zero attached hydrogens (tertiary/aromatic N) is 1. The molecule has 2 unspecified atom stereocenters. The lowest BCUT2D eigenvalue weighted by atomic mass is 10.2. The maximum Gasteiger partial charge on any atom is 0.322 e. The van der Waals surface area contributed by atoms with Crippen molar-refractivity contribution >= 4 is 5.97 Å². The zero-order chi connectivity index (χ0) is 10.4. The molecule has 78 valence electrons. The summed E-state index contributed by atoms with van der Waals surface area (Å²) in [5.74, 6) is -0.217. The van der Waals surface area contributed by atoms with Crippen molar-refractivity contribution in [2.75, 3.05) is 27.9 Å². The Balaban J connectivity index is 4.07. The summed E-state index contributed by atoms with van der Waals surface area (Å²) >= 11 is 0. The first-order chi connectivity index (χ1) is 6.04. The first kappa shape index (κ1) is 12.4. The van der Waals surface area contributed by atoms with Crippen molar-refractivity contribution < 1.29 is 14.3 Å². The van der Waals surface area contributed by atoms with E-state index in [1.807, 2.05) is 25.8 Å². The molecule has 0 bridgehead atoms. The monoisotopic (exact) mass is 189 g/mol. The van der Waals surface area contributed by atoms with Gasteiger partial charge in [-0.05, 0) is 20.9 Å². The van der Waals surface area contributed by atoms with E-state index in [1.54, 1.807) is 7.11 Å². The van der Waals surface area contributed by atoms with Crippen molar-refractivity contribution in [1.29, 1.82) is 0 Å². The van der Waals surface area contributed by atoms with Crippen molar-refractivity contribution in [3.05, 3.63) is 0 Å². The van der Waals surface area contributed by atoms with Gasteiger partial charge in [0.1, 0.15) is 6.04 Å². The number of hydrogen-bond donors (Lipinski definition) is 0. The van der Waals surface area contributed by atoms with Gasteiger partial charge in [0.15, 0.2) is 0 Å². The Morgan fingerprint density at radius 2 is 1.92 bits per heavy atom. The first-order valence-electron chi connectivity index (χ1n) is 4.33. The SMILES string of the molecule is COCC(C)N(C)C(C)C(=O)OC. The summed E-state index contributed by atoms with van der Waals surface area (Å²) in [4.78, 5) is 13.1. The van der Waals surface area contributed by atoms with Crippen LogP contribution in [0.15, 0.2) is 0 Å². The van der Waals surface area contributed by atoms with Crippen LogP contribution in [0.1, 0.15) is 13.8 Å². The molecule has 0 aromatic rings. The third kappa shape index (κ3) is 3.74. The van der Waals surface area contributed by atoms with E-state index in [0.29, 0.717) is 6.61 Å². The van der Waals surface area contributed by atoms with Crippen LogP contribution in [-0.2, 0) is 14.3 Å². The predicted molar refractivity (Wildman–Crippen MR) is 50.6 cm³/mol. The summed E-state index contributed by atoms with van der Waals surface area (Å²) < 4.78 is 9.63. The quantitative estimate of drug-likeness (QED) is 0.591. The Labute approximate surface area is 79.8 Å². The van der Waals surface area contributed by atoms with Gasteiger partial charge in [-0.1, -0.05) is 0 Å². The number of esters is 1. The minimum atomic E-state index is -0.227. The number of hydrogen-bond acceptors (Lipinski definition) is 4. The fraction of sp³-hybridized carbons (Fsp3) is 0.889. The summed E-state index contributed by atoms with van der Waals surface area (Å²) in [6, 6.07) is -0.0192. The molecule has 0 aliphatic carbocycles. The van der Waals surface area contributed by atoms with Crippen LogP contribution < -0.4 is 0 Å². The van der Waals surface area contributed by atoms with Gasteiger partial charge in [-0.3, -0.25) is 9.69 Å². The number of carbonyl (C=O) groups excluding carboxylic acids is 1. The largest absolute Gasteiger partial charge is 0.468 e. The molecule has 0 heterocycles. The van der Waals surface area contributed by atoms with Crippen LogP contribution in [0.2, 0.25) is 0 Å². The molecular formula is C9H19NO3. The van der Waals surface area contributed by atoms with Gasteiger partial charge >= 0.3 is 5.97 Å². The second-order valence-corrected chi connectivity index (χ2v) is 3.17. The molecule has 0 radical (unpaired) electrons. The summed E-state index contributed by atoms with van der Waals surface area (Å²) in [5, 5.41) is 0. The zero-order valence-electron chi connectivity index (χ0n) is 9.03. The number of methoxy groups -OCH3 is 2. The molecule has 4 nitrogen and oxygen atoms in total. The normalized spacial score (nSPS) is 15.5. The van der Waals surface area contributed by atoms with E-state index in [1.165, 1.54) is 7.11 Å². The van der Waals surface area contributed by atoms with Gasteiger partial charge in [-0.2, -0.15) is 0 Å². The summed E-state index contributed by atoms with van der Waals surface area (Å²) in [7, 11) is 4.92. The molecule has 0 aromatic heterocycles. The highest BCUT2D eigenvalue weighted by Gasteiger charge is 2.22. The molecule has 0 aliphatic rings. The maximum absolute atomic E-state index is 11.2. The number of ether oxygens (including phenoxy) is 2. The van der Waals surface area contributed by atoms with Crippen LogP contribution >= 0.6 is 0 Å². The van der Waals surface area contributed by atoms with Crippen LogP contribution in [0.4, 0.5) is 0 Å². The van der Waals surface area contributed by atoms with Crippen molar-refractivity contribution in [3.63, 3.8) is 0 Å². The molecule has 0 N–H and O–H groups in total. The molecule has 0 saturated heterocycles. The minimum Gasteiger partial charge on any atom is -0.468 e. The van der Waals surface area contributed by atoms with Gasteiger partial charge in [0.05, 0.1) is 13.7 Å². The third-order valence-corrected chi connectivity index (χ3v) is 2.26. The highest BCUT2D eigenvalue weighted by molar-refractivity contribution is 5.75. The number of carbonyl (C=O) groups is 1. The van der Waals surface area contributed by atoms with Gasteiger partial charge in [-0.15, -0.1) is 0 Å². The third-order valence-electron chi connectivity index (χ3n) is 2.26. The topological polar surface area (TPSA) is 38.8 Å². The lowest BCUT2D eigenvalue weighted by Gasteiger charge is -2.28. The average Bonchev–Trinajstić information content (AvgIpc) is 2.14. The van der Waals surface area contributed by atoms with E-state index < -0.39 is 0 Å². The first-order valence-corrected chi connectivity index (χ1v) is 4.33. The molecule has 0 spiro atoms. The van der Waals surface area contributed by atoms with E-state index in [9.17, 15) is 4.79 Å². The predicted octanol–water partition coefficient (Wildman–Crippen LogP) is 0.515. The molecule has 13 heavy (non-hydrogen) atoms. The van der Waals surface area contributed by atoms with Gasteiger partial charge in [0.2, 0.25) is 0 Å². The second kappa shape index (κ2) is 5.94. The Bertz CT molecular complexity index is 161. The van der Waals surface area contributed by atoms with E-state index in [-0.39, 0.29) is 18.1 Å². The van der Waals surface area contributed by atoms with Crippen molar-refractivity contribution in [2.24, 2.45) is 0 Å². The van der Waals surface area contributed by atoms with Gasteiger partial charge in [0, 0.05) is 13.2 Å². The Morgan fingerprint density at radius 1 is 1.38 bits per heavy atom. The highest BCUT2D eigenvalue weighted by atomic mass is 16.5. The summed E-state index contributed by atoms with van der Waals surface area (Å²) in [5.41, 5.74) is 0. The highest BCUT2D eigenvalue weighted by Crippen LogP contribution is 2.03. The molecule has 0 aromatic carbocycles. The lowest BCUT2D eigenvalue weighted by molar-refractivity contribution is -0.146. The number of rotatable bonds is 5. The average molecular weight is 189 g/mol. The molecule has 0 saturated carbocycles. The van der Waals surface area contributed by atoms with Crippen LogP contribution in [0.3, 0.4) is 0 Å². The van der Waals surface area contributed by atoms with Crippen molar-refractivity contribution in [2.45, 2.75) is 25.9 Å². The molecule has 4 heteroatoms. The Kier molecular flexibility index (Phi) is 5.66. The molecule has 0 rings (SSSR count). The summed E-state index contributed by atoms with van der Waals surface area (Å²) in [6.45, 7) is 4.43. The van der Waals surface area contributed by atoms with Crippen LogP contribution in [-0.4, -0.2) is 50.8 Å². The molecule has 0 fully saturated rings. The van der Waals surface area contributed by atoms with Crippen molar-refractivity contribution in [1.82, 2.24) is 4.90 Å². The lowest BCUT2D eigenvalue weighted by Crippen LogP contribution is -2.44. The van der Waals surface area contributed by atoms with Crippen LogP contribution in [0.5, 0.6) is 0 Å². The molecule has 0 aliphatic heterocycles. The fourth-order valence-corrected chi connectivity index (χ4v) is 1.08. The summed E-state index contributed by atoms with van der Waals surface area (Å²) in [6.07, 6.45) is 0.